The van der Waals surface area contributed by atoms with Gasteiger partial charge in [0.25, 0.3) is 0 Å². The Labute approximate surface area is 361 Å². The number of fused-ring (bicyclic) bond motifs is 9. The van der Waals surface area contributed by atoms with E-state index in [4.69, 9.17) is 19.4 Å². The average molecular weight is 806 g/mol. The standard InChI is InChI=1S/C57H35N5O/c1-4-16-36(17-5-1)55-58-56(37-18-6-2-7-19-37)60-57(59-55)39-21-14-20-38(32-39)42-26-15-27-45-48-33-41(30-31-53(48)63-54(42)45)62-50-29-13-11-25-44(50)47-34-51-46(35-52(47)62)43-24-10-12-28-49(43)61(51)40-22-8-3-9-23-40/h1-35H. The second-order valence-electron chi connectivity index (χ2n) is 16.0. The van der Waals surface area contributed by atoms with E-state index in [-0.39, 0.29) is 0 Å². The lowest BCUT2D eigenvalue weighted by molar-refractivity contribution is 0.670. The summed E-state index contributed by atoms with van der Waals surface area (Å²) < 4.78 is 11.6. The van der Waals surface area contributed by atoms with Crippen LogP contribution >= 0.6 is 0 Å². The van der Waals surface area contributed by atoms with Crippen LogP contribution in [-0.2, 0) is 0 Å². The van der Waals surface area contributed by atoms with E-state index in [9.17, 15) is 0 Å². The van der Waals surface area contributed by atoms with Crippen LogP contribution < -0.4 is 0 Å². The highest BCUT2D eigenvalue weighted by Crippen LogP contribution is 2.42. The molecule has 4 aromatic heterocycles. The Bertz CT molecular complexity index is 3850. The van der Waals surface area contributed by atoms with Crippen molar-refractivity contribution < 1.29 is 4.42 Å². The van der Waals surface area contributed by atoms with Gasteiger partial charge >= 0.3 is 0 Å². The highest BCUT2D eigenvalue weighted by Gasteiger charge is 2.20. The fourth-order valence-electron chi connectivity index (χ4n) is 9.48. The van der Waals surface area contributed by atoms with Gasteiger partial charge in [-0.1, -0.05) is 152 Å². The van der Waals surface area contributed by atoms with Gasteiger partial charge in [0.15, 0.2) is 17.5 Å². The molecule has 9 aromatic carbocycles. The maximum absolute atomic E-state index is 6.78. The van der Waals surface area contributed by atoms with E-state index in [1.807, 2.05) is 60.7 Å². The number of benzene rings is 9. The summed E-state index contributed by atoms with van der Waals surface area (Å²) in [4.78, 5) is 14.9. The van der Waals surface area contributed by atoms with Crippen molar-refractivity contribution >= 4 is 65.6 Å². The molecule has 0 amide bonds. The molecule has 13 rings (SSSR count). The Balaban J connectivity index is 0.961. The molecule has 294 valence electrons. The Morgan fingerprint density at radius 3 is 1.43 bits per heavy atom. The number of rotatable bonds is 6. The maximum Gasteiger partial charge on any atom is 0.164 e. The summed E-state index contributed by atoms with van der Waals surface area (Å²) in [5, 5.41) is 6.99. The summed E-state index contributed by atoms with van der Waals surface area (Å²) in [6.45, 7) is 0. The summed E-state index contributed by atoms with van der Waals surface area (Å²) in [5.41, 5.74) is 13.4. The van der Waals surface area contributed by atoms with Crippen molar-refractivity contribution in [1.82, 2.24) is 24.1 Å². The zero-order valence-electron chi connectivity index (χ0n) is 33.9. The van der Waals surface area contributed by atoms with Crippen molar-refractivity contribution in [3.05, 3.63) is 212 Å². The SMILES string of the molecule is c1ccc(-c2nc(-c3ccccc3)nc(-c3cccc(-c4cccc5c4oc4ccc(-n6c7ccccc7c7cc8c(cc76)c6ccccc6n8-c6ccccc6)cc45)c3)n2)cc1. The van der Waals surface area contributed by atoms with Crippen LogP contribution in [0.25, 0.3) is 122 Å². The van der Waals surface area contributed by atoms with Crippen LogP contribution in [0.4, 0.5) is 0 Å². The van der Waals surface area contributed by atoms with Gasteiger partial charge in [0.05, 0.1) is 22.1 Å². The first-order valence-electron chi connectivity index (χ1n) is 21.2. The molecule has 0 N–H and O–H groups in total. The predicted octanol–water partition coefficient (Wildman–Crippen LogP) is 14.6. The van der Waals surface area contributed by atoms with Crippen LogP contribution in [0.1, 0.15) is 0 Å². The molecule has 0 fully saturated rings. The molecule has 0 aliphatic heterocycles. The fourth-order valence-corrected chi connectivity index (χ4v) is 9.48. The van der Waals surface area contributed by atoms with Crippen LogP contribution in [0, 0.1) is 0 Å². The average Bonchev–Trinajstić information content (AvgIpc) is 4.01. The van der Waals surface area contributed by atoms with Gasteiger partial charge in [-0.2, -0.15) is 0 Å². The molecule has 0 atom stereocenters. The molecule has 0 bridgehead atoms. The molecule has 6 heteroatoms. The summed E-state index contributed by atoms with van der Waals surface area (Å²) >= 11 is 0. The van der Waals surface area contributed by atoms with Crippen molar-refractivity contribution in [2.24, 2.45) is 0 Å². The van der Waals surface area contributed by atoms with E-state index in [1.165, 1.54) is 32.6 Å². The van der Waals surface area contributed by atoms with Gasteiger partial charge in [-0.3, -0.25) is 0 Å². The Hall–Kier alpha value is -8.61. The number of furan rings is 1. The molecule has 0 saturated heterocycles. The number of nitrogens with zero attached hydrogens (tertiary/aromatic N) is 5. The van der Waals surface area contributed by atoms with Crippen LogP contribution in [-0.4, -0.2) is 24.1 Å². The topological polar surface area (TPSA) is 61.7 Å². The minimum atomic E-state index is 0.610. The third kappa shape index (κ3) is 5.62. The van der Waals surface area contributed by atoms with Crippen molar-refractivity contribution in [3.8, 4) is 56.7 Å². The van der Waals surface area contributed by atoms with E-state index in [1.54, 1.807) is 0 Å². The molecule has 0 unspecified atom stereocenters. The number of hydrogen-bond acceptors (Lipinski definition) is 4. The maximum atomic E-state index is 6.78. The first kappa shape index (κ1) is 35.2. The largest absolute Gasteiger partial charge is 0.455 e. The van der Waals surface area contributed by atoms with Crippen LogP contribution in [0.2, 0.25) is 0 Å². The summed E-state index contributed by atoms with van der Waals surface area (Å²) in [6.07, 6.45) is 0. The first-order chi connectivity index (χ1) is 31.2. The van der Waals surface area contributed by atoms with Crippen molar-refractivity contribution in [2.45, 2.75) is 0 Å². The molecule has 0 saturated carbocycles. The van der Waals surface area contributed by atoms with Crippen molar-refractivity contribution in [3.63, 3.8) is 0 Å². The number of hydrogen-bond donors (Lipinski definition) is 0. The monoisotopic (exact) mass is 805 g/mol. The molecule has 6 nitrogen and oxygen atoms in total. The zero-order chi connectivity index (χ0) is 41.4. The molecule has 4 heterocycles. The molecule has 13 aromatic rings. The summed E-state index contributed by atoms with van der Waals surface area (Å²) in [6, 6.07) is 74.4. The molecule has 0 spiro atoms. The second kappa shape index (κ2) is 14.0. The molecule has 0 aliphatic carbocycles. The van der Waals surface area contributed by atoms with Gasteiger partial charge in [0.2, 0.25) is 0 Å². The zero-order valence-corrected chi connectivity index (χ0v) is 33.9. The normalized spacial score (nSPS) is 11.8. The predicted molar refractivity (Wildman–Crippen MR) is 258 cm³/mol. The van der Waals surface area contributed by atoms with E-state index in [0.29, 0.717) is 17.5 Å². The van der Waals surface area contributed by atoms with Crippen molar-refractivity contribution in [1.29, 1.82) is 0 Å². The lowest BCUT2D eigenvalue weighted by Gasteiger charge is -2.10. The van der Waals surface area contributed by atoms with Crippen LogP contribution in [0.5, 0.6) is 0 Å². The van der Waals surface area contributed by atoms with Crippen LogP contribution in [0.3, 0.4) is 0 Å². The summed E-state index contributed by atoms with van der Waals surface area (Å²) in [5.74, 6) is 1.87. The van der Waals surface area contributed by atoms with Gasteiger partial charge in [-0.25, -0.2) is 15.0 Å². The van der Waals surface area contributed by atoms with Gasteiger partial charge in [-0.05, 0) is 66.2 Å². The lowest BCUT2D eigenvalue weighted by atomic mass is 10.00. The van der Waals surface area contributed by atoms with E-state index >= 15 is 0 Å². The molecular weight excluding hydrogens is 771 g/mol. The number of aromatic nitrogens is 5. The Kier molecular flexibility index (Phi) is 7.80. The Morgan fingerprint density at radius 1 is 0.302 bits per heavy atom. The van der Waals surface area contributed by atoms with Gasteiger partial charge in [0, 0.05) is 65.9 Å². The molecule has 0 aliphatic rings. The highest BCUT2D eigenvalue weighted by atomic mass is 16.3. The van der Waals surface area contributed by atoms with Crippen molar-refractivity contribution in [2.75, 3.05) is 0 Å². The van der Waals surface area contributed by atoms with Gasteiger partial charge in [0.1, 0.15) is 11.2 Å². The molecular formula is C57H35N5O. The fraction of sp³-hybridized carbons (Fsp3) is 0. The lowest BCUT2D eigenvalue weighted by Crippen LogP contribution is -2.00. The number of para-hydroxylation sites is 4. The quantitative estimate of drug-likeness (QED) is 0.168. The third-order valence-corrected chi connectivity index (χ3v) is 12.4. The Morgan fingerprint density at radius 2 is 0.794 bits per heavy atom. The van der Waals surface area contributed by atoms with E-state index in [0.717, 1.165) is 72.2 Å². The van der Waals surface area contributed by atoms with E-state index in [2.05, 4.69) is 161 Å². The van der Waals surface area contributed by atoms with E-state index < -0.39 is 0 Å². The van der Waals surface area contributed by atoms with Gasteiger partial charge in [-0.15, -0.1) is 0 Å². The third-order valence-electron chi connectivity index (χ3n) is 12.4. The summed E-state index contributed by atoms with van der Waals surface area (Å²) in [7, 11) is 0. The second-order valence-corrected chi connectivity index (χ2v) is 16.0. The minimum absolute atomic E-state index is 0.610. The molecule has 0 radical (unpaired) electrons. The smallest absolute Gasteiger partial charge is 0.164 e. The first-order valence-corrected chi connectivity index (χ1v) is 21.2. The minimum Gasteiger partial charge on any atom is -0.455 e. The van der Waals surface area contributed by atoms with Crippen LogP contribution in [0.15, 0.2) is 217 Å². The molecule has 63 heavy (non-hydrogen) atoms. The highest BCUT2D eigenvalue weighted by molar-refractivity contribution is 6.19. The van der Waals surface area contributed by atoms with Gasteiger partial charge < -0.3 is 13.6 Å².